The first-order valence-electron chi connectivity index (χ1n) is 18.8. The van der Waals surface area contributed by atoms with E-state index in [0.29, 0.717) is 5.82 Å². The van der Waals surface area contributed by atoms with Crippen molar-refractivity contribution >= 4 is 39.0 Å². The third-order valence-electron chi connectivity index (χ3n) is 10.3. The summed E-state index contributed by atoms with van der Waals surface area (Å²) in [7, 11) is 0. The lowest BCUT2D eigenvalue weighted by atomic mass is 9.99. The van der Waals surface area contributed by atoms with Crippen molar-refractivity contribution in [2.24, 2.45) is 0 Å². The fourth-order valence-electron chi connectivity index (χ4n) is 7.54. The van der Waals surface area contributed by atoms with Crippen LogP contribution in [0.15, 0.2) is 217 Å². The van der Waals surface area contributed by atoms with Gasteiger partial charge in [0.1, 0.15) is 11.2 Å². The van der Waals surface area contributed by atoms with Gasteiger partial charge in [-0.1, -0.05) is 152 Å². The molecule has 0 atom stereocenters. The highest BCUT2D eigenvalue weighted by Crippen LogP contribution is 2.40. The lowest BCUT2D eigenvalue weighted by Gasteiger charge is -2.25. The number of hydrogen-bond donors (Lipinski definition) is 0. The van der Waals surface area contributed by atoms with Crippen LogP contribution in [0.5, 0.6) is 0 Å². The van der Waals surface area contributed by atoms with Crippen LogP contribution in [0.2, 0.25) is 0 Å². The predicted molar refractivity (Wildman–Crippen MR) is 231 cm³/mol. The topological polar surface area (TPSA) is 42.2 Å². The molecule has 0 N–H and O–H groups in total. The fourth-order valence-corrected chi connectivity index (χ4v) is 7.54. The summed E-state index contributed by atoms with van der Waals surface area (Å²) in [6.45, 7) is 0. The number of nitrogens with zero attached hydrogens (tertiary/aromatic N) is 3. The van der Waals surface area contributed by atoms with Crippen molar-refractivity contribution in [3.63, 3.8) is 0 Å². The molecule has 0 radical (unpaired) electrons. The highest BCUT2D eigenvalue weighted by molar-refractivity contribution is 6.13. The van der Waals surface area contributed by atoms with Crippen molar-refractivity contribution in [3.05, 3.63) is 212 Å². The summed E-state index contributed by atoms with van der Waals surface area (Å²) in [6, 6.07) is 73.7. The Balaban J connectivity index is 1.03. The number of rotatable bonds is 8. The van der Waals surface area contributed by atoms with E-state index in [4.69, 9.17) is 14.4 Å². The van der Waals surface area contributed by atoms with E-state index in [0.717, 1.165) is 78.2 Å². The molecule has 0 amide bonds. The smallest absolute Gasteiger partial charge is 0.160 e. The molecule has 0 unspecified atom stereocenters. The zero-order chi connectivity index (χ0) is 37.3. The molecule has 264 valence electrons. The summed E-state index contributed by atoms with van der Waals surface area (Å²) in [4.78, 5) is 12.5. The lowest BCUT2D eigenvalue weighted by Crippen LogP contribution is -2.09. The number of furan rings is 1. The van der Waals surface area contributed by atoms with Crippen molar-refractivity contribution in [3.8, 4) is 56.2 Å². The second-order valence-corrected chi connectivity index (χ2v) is 13.8. The first-order valence-corrected chi connectivity index (χ1v) is 18.8. The zero-order valence-corrected chi connectivity index (χ0v) is 30.5. The number of hydrogen-bond acceptors (Lipinski definition) is 4. The molecule has 0 saturated carbocycles. The van der Waals surface area contributed by atoms with Crippen LogP contribution < -0.4 is 4.90 Å². The number of anilines is 3. The molecule has 4 nitrogen and oxygen atoms in total. The molecule has 10 rings (SSSR count). The summed E-state index contributed by atoms with van der Waals surface area (Å²) in [5.74, 6) is 0.680. The first kappa shape index (κ1) is 33.0. The van der Waals surface area contributed by atoms with Gasteiger partial charge in [-0.2, -0.15) is 0 Å². The van der Waals surface area contributed by atoms with Crippen LogP contribution in [0.1, 0.15) is 0 Å². The van der Waals surface area contributed by atoms with Gasteiger partial charge < -0.3 is 9.32 Å². The molecule has 0 saturated heterocycles. The Morgan fingerprint density at radius 1 is 0.339 bits per heavy atom. The van der Waals surface area contributed by atoms with Crippen molar-refractivity contribution in [2.45, 2.75) is 0 Å². The normalized spacial score (nSPS) is 11.2. The van der Waals surface area contributed by atoms with Crippen molar-refractivity contribution in [1.82, 2.24) is 9.97 Å². The standard InChI is InChI=1S/C52H35N3O/c1-5-14-36(15-6-1)37-24-26-39(27-25-37)47-35-48(54-52(53-47)40-16-7-2-8-17-40)45-22-13-23-49-51(45)46-33-30-41(34-50(46)56-49)38-28-31-44(32-29-38)55(42-18-9-3-10-19-42)43-20-11-4-12-21-43/h1-35H. The highest BCUT2D eigenvalue weighted by atomic mass is 16.3. The number of para-hydroxylation sites is 2. The molecule has 0 aliphatic heterocycles. The molecule has 2 aromatic heterocycles. The van der Waals surface area contributed by atoms with E-state index in [1.54, 1.807) is 0 Å². The van der Waals surface area contributed by atoms with Gasteiger partial charge in [-0.3, -0.25) is 0 Å². The third kappa shape index (κ3) is 6.29. The second-order valence-electron chi connectivity index (χ2n) is 13.8. The highest BCUT2D eigenvalue weighted by Gasteiger charge is 2.18. The van der Waals surface area contributed by atoms with Crippen LogP contribution in [-0.4, -0.2) is 9.97 Å². The molecular weight excluding hydrogens is 683 g/mol. The lowest BCUT2D eigenvalue weighted by molar-refractivity contribution is 0.669. The Bertz CT molecular complexity index is 2890. The van der Waals surface area contributed by atoms with Crippen LogP contribution in [-0.2, 0) is 0 Å². The molecule has 0 aliphatic rings. The largest absolute Gasteiger partial charge is 0.456 e. The Morgan fingerprint density at radius 3 is 1.50 bits per heavy atom. The van der Waals surface area contributed by atoms with Gasteiger partial charge in [0.2, 0.25) is 0 Å². The summed E-state index contributed by atoms with van der Waals surface area (Å²) in [5.41, 5.74) is 14.2. The van der Waals surface area contributed by atoms with Gasteiger partial charge in [0, 0.05) is 44.5 Å². The van der Waals surface area contributed by atoms with Gasteiger partial charge in [0.25, 0.3) is 0 Å². The number of benzene rings is 8. The summed E-state index contributed by atoms with van der Waals surface area (Å²) in [6.07, 6.45) is 0. The maximum absolute atomic E-state index is 6.59. The Kier molecular flexibility index (Phi) is 8.47. The summed E-state index contributed by atoms with van der Waals surface area (Å²) >= 11 is 0. The van der Waals surface area contributed by atoms with Crippen LogP contribution in [0, 0.1) is 0 Å². The van der Waals surface area contributed by atoms with E-state index in [1.165, 1.54) is 11.1 Å². The SMILES string of the molecule is c1ccc(-c2ccc(-c3cc(-c4cccc5oc6cc(-c7ccc(N(c8ccccc8)c8ccccc8)cc7)ccc6c45)nc(-c4ccccc4)n3)cc2)cc1. The quantitative estimate of drug-likeness (QED) is 0.157. The van der Waals surface area contributed by atoms with Crippen LogP contribution in [0.4, 0.5) is 17.1 Å². The van der Waals surface area contributed by atoms with Gasteiger partial charge in [0.05, 0.1) is 11.4 Å². The van der Waals surface area contributed by atoms with E-state index >= 15 is 0 Å². The minimum absolute atomic E-state index is 0.680. The Hall–Kier alpha value is -7.56. The van der Waals surface area contributed by atoms with Crippen molar-refractivity contribution in [1.29, 1.82) is 0 Å². The van der Waals surface area contributed by atoms with Gasteiger partial charge in [-0.05, 0) is 82.9 Å². The molecule has 10 aromatic rings. The Labute approximate surface area is 325 Å². The van der Waals surface area contributed by atoms with Crippen molar-refractivity contribution < 1.29 is 4.42 Å². The van der Waals surface area contributed by atoms with Crippen LogP contribution in [0.25, 0.3) is 78.1 Å². The Morgan fingerprint density at radius 2 is 0.839 bits per heavy atom. The molecule has 0 bridgehead atoms. The second kappa shape index (κ2) is 14.3. The molecule has 0 aliphatic carbocycles. The van der Waals surface area contributed by atoms with Gasteiger partial charge >= 0.3 is 0 Å². The average molecular weight is 718 g/mol. The predicted octanol–water partition coefficient (Wildman–Crippen LogP) is 14.2. The molecule has 8 aromatic carbocycles. The number of fused-ring (bicyclic) bond motifs is 3. The van der Waals surface area contributed by atoms with E-state index < -0.39 is 0 Å². The van der Waals surface area contributed by atoms with Crippen LogP contribution in [0.3, 0.4) is 0 Å². The number of aromatic nitrogens is 2. The van der Waals surface area contributed by atoms with Crippen LogP contribution >= 0.6 is 0 Å². The van der Waals surface area contributed by atoms with Crippen molar-refractivity contribution in [2.75, 3.05) is 4.90 Å². The molecular formula is C52H35N3O. The average Bonchev–Trinajstić information content (AvgIpc) is 3.66. The molecule has 0 fully saturated rings. The monoisotopic (exact) mass is 717 g/mol. The third-order valence-corrected chi connectivity index (χ3v) is 10.3. The zero-order valence-electron chi connectivity index (χ0n) is 30.5. The van der Waals surface area contributed by atoms with Gasteiger partial charge in [0.15, 0.2) is 5.82 Å². The molecule has 56 heavy (non-hydrogen) atoms. The summed E-state index contributed by atoms with van der Waals surface area (Å²) < 4.78 is 6.59. The minimum atomic E-state index is 0.680. The minimum Gasteiger partial charge on any atom is -0.456 e. The van der Waals surface area contributed by atoms with E-state index in [9.17, 15) is 0 Å². The van der Waals surface area contributed by atoms with E-state index in [-0.39, 0.29) is 0 Å². The summed E-state index contributed by atoms with van der Waals surface area (Å²) in [5, 5.41) is 2.08. The maximum atomic E-state index is 6.59. The first-order chi connectivity index (χ1) is 27.7. The molecule has 2 heterocycles. The fraction of sp³-hybridized carbons (Fsp3) is 0. The van der Waals surface area contributed by atoms with E-state index in [2.05, 4.69) is 169 Å². The molecule has 0 spiro atoms. The molecule has 4 heteroatoms. The van der Waals surface area contributed by atoms with Gasteiger partial charge in [-0.25, -0.2) is 9.97 Å². The maximum Gasteiger partial charge on any atom is 0.160 e. The van der Waals surface area contributed by atoms with E-state index in [1.807, 2.05) is 48.5 Å². The van der Waals surface area contributed by atoms with Gasteiger partial charge in [-0.15, -0.1) is 0 Å².